The number of fused-ring (bicyclic) bond motifs is 1. The van der Waals surface area contributed by atoms with Crippen molar-refractivity contribution in [2.75, 3.05) is 20.8 Å². The van der Waals surface area contributed by atoms with Crippen LogP contribution in [0.3, 0.4) is 0 Å². The first-order chi connectivity index (χ1) is 8.65. The monoisotopic (exact) mass is 267 g/mol. The largest absolute Gasteiger partial charge is 0.481 e. The van der Waals surface area contributed by atoms with Crippen molar-refractivity contribution >= 4 is 23.4 Å². The Kier molecular flexibility index (Phi) is 3.98. The predicted molar refractivity (Wildman–Crippen MR) is 72.5 cm³/mol. The fraction of sp³-hybridized carbons (Fsp3) is 0.500. The minimum absolute atomic E-state index is 0.369. The highest BCUT2D eigenvalue weighted by Gasteiger charge is 2.10. The smallest absolute Gasteiger partial charge is 0.215 e. The van der Waals surface area contributed by atoms with Crippen LogP contribution in [0.2, 0.25) is 0 Å². The lowest BCUT2D eigenvalue weighted by atomic mass is 10.2. The number of hydrogen-bond acceptors (Lipinski definition) is 4. The molecule has 1 N–H and O–H groups in total. The minimum Gasteiger partial charge on any atom is -0.481 e. The first-order valence-electron chi connectivity index (χ1n) is 5.78. The molecule has 1 atom stereocenters. The van der Waals surface area contributed by atoms with E-state index in [2.05, 4.69) is 16.9 Å². The van der Waals surface area contributed by atoms with Crippen molar-refractivity contribution in [3.63, 3.8) is 0 Å². The van der Waals surface area contributed by atoms with E-state index in [4.69, 9.17) is 21.7 Å². The fourth-order valence-corrected chi connectivity index (χ4v) is 2.22. The normalized spacial score (nSPS) is 12.8. The number of nitrogens with one attached hydrogen (secondary N) is 1. The number of nitrogens with zero attached hydrogens (tertiary/aromatic N) is 2. The third-order valence-corrected chi connectivity index (χ3v) is 3.07. The molecule has 0 fully saturated rings. The van der Waals surface area contributed by atoms with E-state index < -0.39 is 0 Å². The zero-order chi connectivity index (χ0) is 13.1. The van der Waals surface area contributed by atoms with Crippen LogP contribution in [0.1, 0.15) is 6.92 Å². The molecule has 0 aliphatic carbocycles. The van der Waals surface area contributed by atoms with E-state index in [1.165, 1.54) is 0 Å². The zero-order valence-corrected chi connectivity index (χ0v) is 11.6. The van der Waals surface area contributed by atoms with Crippen LogP contribution >= 0.6 is 12.2 Å². The van der Waals surface area contributed by atoms with Crippen LogP contribution in [0.5, 0.6) is 5.88 Å². The van der Waals surface area contributed by atoms with Crippen LogP contribution in [0.15, 0.2) is 12.1 Å². The average Bonchev–Trinajstić information content (AvgIpc) is 2.65. The predicted octanol–water partition coefficient (Wildman–Crippen LogP) is 2.38. The molecule has 0 amide bonds. The van der Waals surface area contributed by atoms with Crippen LogP contribution in [0.25, 0.3) is 11.2 Å². The summed E-state index contributed by atoms with van der Waals surface area (Å²) in [4.78, 5) is 7.57. The maximum Gasteiger partial charge on any atom is 0.215 e. The Morgan fingerprint density at radius 3 is 2.89 bits per heavy atom. The Bertz CT molecular complexity index is 591. The Hall–Kier alpha value is -1.40. The van der Waals surface area contributed by atoms with Gasteiger partial charge in [0.1, 0.15) is 0 Å². The summed E-state index contributed by atoms with van der Waals surface area (Å²) in [5, 5.41) is 0. The molecular formula is C12H17N3O2S. The van der Waals surface area contributed by atoms with E-state index in [0.717, 1.165) is 17.7 Å². The number of imidazole rings is 1. The van der Waals surface area contributed by atoms with Crippen molar-refractivity contribution in [2.24, 2.45) is 5.92 Å². The van der Waals surface area contributed by atoms with Gasteiger partial charge in [-0.1, -0.05) is 6.92 Å². The Balaban J connectivity index is 2.41. The molecule has 2 heterocycles. The van der Waals surface area contributed by atoms with Crippen molar-refractivity contribution < 1.29 is 9.47 Å². The summed E-state index contributed by atoms with van der Waals surface area (Å²) < 4.78 is 12.9. The second kappa shape index (κ2) is 5.49. The van der Waals surface area contributed by atoms with E-state index >= 15 is 0 Å². The molecule has 6 heteroatoms. The third kappa shape index (κ3) is 2.54. The molecule has 2 rings (SSSR count). The summed E-state index contributed by atoms with van der Waals surface area (Å²) >= 11 is 5.32. The van der Waals surface area contributed by atoms with Crippen molar-refractivity contribution in [1.82, 2.24) is 14.5 Å². The molecule has 0 aromatic carbocycles. The number of ether oxygens (including phenoxy) is 2. The first kappa shape index (κ1) is 13.0. The number of pyridine rings is 1. The summed E-state index contributed by atoms with van der Waals surface area (Å²) in [6.07, 6.45) is 0. The molecular weight excluding hydrogens is 250 g/mol. The molecule has 98 valence electrons. The van der Waals surface area contributed by atoms with Gasteiger partial charge in [0.05, 0.1) is 19.2 Å². The molecule has 2 aromatic heterocycles. The van der Waals surface area contributed by atoms with Crippen molar-refractivity contribution in [3.05, 3.63) is 16.9 Å². The Morgan fingerprint density at radius 1 is 1.44 bits per heavy atom. The highest BCUT2D eigenvalue weighted by Crippen LogP contribution is 2.17. The number of aromatic amines is 1. The second-order valence-corrected chi connectivity index (χ2v) is 4.71. The summed E-state index contributed by atoms with van der Waals surface area (Å²) in [6.45, 7) is 3.58. The van der Waals surface area contributed by atoms with E-state index in [9.17, 15) is 0 Å². The number of methoxy groups -OCH3 is 2. The topological polar surface area (TPSA) is 52.1 Å². The van der Waals surface area contributed by atoms with Gasteiger partial charge in [-0.3, -0.25) is 0 Å². The molecule has 0 saturated heterocycles. The molecule has 18 heavy (non-hydrogen) atoms. The second-order valence-electron chi connectivity index (χ2n) is 4.33. The number of hydrogen-bond donors (Lipinski definition) is 1. The molecule has 1 unspecified atom stereocenters. The summed E-state index contributed by atoms with van der Waals surface area (Å²) in [5.41, 5.74) is 1.74. The molecule has 0 aliphatic rings. The van der Waals surface area contributed by atoms with Gasteiger partial charge < -0.3 is 19.0 Å². The molecule has 0 radical (unpaired) electrons. The molecule has 5 nitrogen and oxygen atoms in total. The van der Waals surface area contributed by atoms with Gasteiger partial charge in [0.2, 0.25) is 5.88 Å². The number of rotatable bonds is 5. The maximum absolute atomic E-state index is 5.32. The molecule has 0 aliphatic heterocycles. The molecule has 0 saturated carbocycles. The summed E-state index contributed by atoms with van der Waals surface area (Å²) in [7, 11) is 3.31. The SMILES string of the molecule is COCC(C)Cn1c(=S)[nH]c2ccc(OC)nc21. The molecule has 0 spiro atoms. The van der Waals surface area contributed by atoms with Gasteiger partial charge in [0, 0.05) is 19.7 Å². The van der Waals surface area contributed by atoms with Crippen LogP contribution in [-0.4, -0.2) is 35.4 Å². The molecule has 0 bridgehead atoms. The van der Waals surface area contributed by atoms with Crippen molar-refractivity contribution in [2.45, 2.75) is 13.5 Å². The molecule has 2 aromatic rings. The van der Waals surface area contributed by atoms with Gasteiger partial charge in [0.25, 0.3) is 0 Å². The van der Waals surface area contributed by atoms with Gasteiger partial charge in [-0.2, -0.15) is 4.98 Å². The van der Waals surface area contributed by atoms with E-state index in [0.29, 0.717) is 23.2 Å². The fourth-order valence-electron chi connectivity index (χ4n) is 1.95. The minimum atomic E-state index is 0.369. The summed E-state index contributed by atoms with van der Waals surface area (Å²) in [6, 6.07) is 3.74. The number of aromatic nitrogens is 3. The van der Waals surface area contributed by atoms with E-state index in [1.54, 1.807) is 14.2 Å². The van der Waals surface area contributed by atoms with Gasteiger partial charge in [0.15, 0.2) is 10.4 Å². The maximum atomic E-state index is 5.32. The van der Waals surface area contributed by atoms with Crippen molar-refractivity contribution in [3.8, 4) is 5.88 Å². The quantitative estimate of drug-likeness (QED) is 0.845. The van der Waals surface area contributed by atoms with Gasteiger partial charge in [-0.15, -0.1) is 0 Å². The van der Waals surface area contributed by atoms with Gasteiger partial charge in [-0.05, 0) is 24.2 Å². The lowest BCUT2D eigenvalue weighted by Crippen LogP contribution is -2.13. The van der Waals surface area contributed by atoms with Crippen molar-refractivity contribution in [1.29, 1.82) is 0 Å². The Labute approximate surface area is 111 Å². The van der Waals surface area contributed by atoms with Crippen LogP contribution in [-0.2, 0) is 11.3 Å². The first-order valence-corrected chi connectivity index (χ1v) is 6.19. The van der Waals surface area contributed by atoms with Gasteiger partial charge >= 0.3 is 0 Å². The van der Waals surface area contributed by atoms with Crippen LogP contribution in [0.4, 0.5) is 0 Å². The van der Waals surface area contributed by atoms with E-state index in [1.807, 2.05) is 16.7 Å². The standard InChI is InChI=1S/C12H17N3O2S/c1-8(7-16-2)6-15-11-9(13-12(15)18)4-5-10(14-11)17-3/h4-5,8H,6-7H2,1-3H3,(H,13,18). The van der Waals surface area contributed by atoms with Gasteiger partial charge in [-0.25, -0.2) is 0 Å². The highest BCUT2D eigenvalue weighted by molar-refractivity contribution is 7.71. The van der Waals surface area contributed by atoms with Crippen LogP contribution < -0.4 is 4.74 Å². The third-order valence-electron chi connectivity index (χ3n) is 2.75. The Morgan fingerprint density at radius 2 is 2.22 bits per heavy atom. The van der Waals surface area contributed by atoms with E-state index in [-0.39, 0.29) is 0 Å². The summed E-state index contributed by atoms with van der Waals surface area (Å²) in [5.74, 6) is 0.957. The van der Waals surface area contributed by atoms with Crippen LogP contribution in [0, 0.1) is 10.7 Å². The lowest BCUT2D eigenvalue weighted by molar-refractivity contribution is 0.151. The number of H-pyrrole nitrogens is 1. The highest BCUT2D eigenvalue weighted by atomic mass is 32.1. The lowest BCUT2D eigenvalue weighted by Gasteiger charge is -2.11. The zero-order valence-electron chi connectivity index (χ0n) is 10.8. The average molecular weight is 267 g/mol.